The SMILES string of the molecule is O=C(Nc1cccc(C(=O)c2ccc3nccnc3c2)c1)Nc1ccc(C(F)(F)F)c(Cl)c1. The minimum atomic E-state index is -4.59. The van der Waals surface area contributed by atoms with Gasteiger partial charge in [-0.3, -0.25) is 14.8 Å². The fourth-order valence-corrected chi connectivity index (χ4v) is 3.41. The highest BCUT2D eigenvalue weighted by molar-refractivity contribution is 6.31. The molecule has 4 rings (SSSR count). The average molecular weight is 471 g/mol. The highest BCUT2D eigenvalue weighted by Crippen LogP contribution is 2.35. The van der Waals surface area contributed by atoms with Crippen LogP contribution >= 0.6 is 11.6 Å². The molecule has 0 aliphatic heterocycles. The first kappa shape index (κ1) is 22.2. The van der Waals surface area contributed by atoms with Gasteiger partial charge in [0.1, 0.15) is 0 Å². The first-order valence-corrected chi connectivity index (χ1v) is 9.89. The molecule has 0 aliphatic rings. The summed E-state index contributed by atoms with van der Waals surface area (Å²) in [6.45, 7) is 0. The van der Waals surface area contributed by atoms with E-state index in [4.69, 9.17) is 11.6 Å². The van der Waals surface area contributed by atoms with Crippen LogP contribution in [0, 0.1) is 0 Å². The van der Waals surface area contributed by atoms with Crippen LogP contribution in [0.1, 0.15) is 21.5 Å². The molecule has 0 unspecified atom stereocenters. The van der Waals surface area contributed by atoms with Crippen LogP contribution in [0.5, 0.6) is 0 Å². The number of nitrogens with one attached hydrogen (secondary N) is 2. The van der Waals surface area contributed by atoms with Crippen molar-refractivity contribution in [2.45, 2.75) is 6.18 Å². The van der Waals surface area contributed by atoms with E-state index < -0.39 is 22.8 Å². The van der Waals surface area contributed by atoms with Crippen molar-refractivity contribution in [1.82, 2.24) is 9.97 Å². The number of carbonyl (C=O) groups is 2. The third-order valence-electron chi connectivity index (χ3n) is 4.65. The van der Waals surface area contributed by atoms with Gasteiger partial charge in [-0.05, 0) is 48.5 Å². The zero-order chi connectivity index (χ0) is 23.6. The standard InChI is InChI=1S/C23H14ClF3N4O2/c24-18-12-16(5-6-17(18)23(25,26)27)31-22(33)30-15-3-1-2-13(10-15)21(32)14-4-7-19-20(11-14)29-9-8-28-19/h1-12H,(H2,30,31,33). The van der Waals surface area contributed by atoms with Crippen molar-refractivity contribution in [3.8, 4) is 0 Å². The zero-order valence-corrected chi connectivity index (χ0v) is 17.4. The Balaban J connectivity index is 1.48. The Kier molecular flexibility index (Phi) is 5.97. The maximum absolute atomic E-state index is 12.9. The molecular weight excluding hydrogens is 457 g/mol. The van der Waals surface area contributed by atoms with Crippen LogP contribution < -0.4 is 10.6 Å². The van der Waals surface area contributed by atoms with Gasteiger partial charge in [0.05, 0.1) is 21.6 Å². The second kappa shape index (κ2) is 8.87. The molecule has 0 fully saturated rings. The number of anilines is 2. The maximum atomic E-state index is 12.9. The molecule has 1 heterocycles. The van der Waals surface area contributed by atoms with Gasteiger partial charge in [-0.15, -0.1) is 0 Å². The smallest absolute Gasteiger partial charge is 0.308 e. The summed E-state index contributed by atoms with van der Waals surface area (Å²) in [7, 11) is 0. The fourth-order valence-electron chi connectivity index (χ4n) is 3.13. The normalized spacial score (nSPS) is 11.3. The van der Waals surface area contributed by atoms with Crippen LogP contribution in [0.15, 0.2) is 73.1 Å². The summed E-state index contributed by atoms with van der Waals surface area (Å²) in [5.74, 6) is -0.277. The number of carbonyl (C=O) groups excluding carboxylic acids is 2. The molecule has 0 saturated carbocycles. The van der Waals surface area contributed by atoms with Gasteiger partial charge in [0.15, 0.2) is 5.78 Å². The number of alkyl halides is 3. The summed E-state index contributed by atoms with van der Waals surface area (Å²) in [5, 5.41) is 4.42. The minimum Gasteiger partial charge on any atom is -0.308 e. The van der Waals surface area contributed by atoms with Crippen molar-refractivity contribution >= 4 is 45.8 Å². The molecule has 2 amide bonds. The summed E-state index contributed by atoms with van der Waals surface area (Å²) < 4.78 is 38.4. The Hall–Kier alpha value is -3.98. The number of urea groups is 1. The molecule has 1 aromatic heterocycles. The molecule has 0 spiro atoms. The summed E-state index contributed by atoms with van der Waals surface area (Å²) in [6, 6.07) is 13.4. The molecule has 166 valence electrons. The lowest BCUT2D eigenvalue weighted by Crippen LogP contribution is -2.20. The van der Waals surface area contributed by atoms with Gasteiger partial charge < -0.3 is 10.6 Å². The van der Waals surface area contributed by atoms with E-state index in [9.17, 15) is 22.8 Å². The van der Waals surface area contributed by atoms with E-state index in [0.29, 0.717) is 27.8 Å². The molecule has 0 saturated heterocycles. The van der Waals surface area contributed by atoms with E-state index >= 15 is 0 Å². The topological polar surface area (TPSA) is 84.0 Å². The molecule has 0 bridgehead atoms. The number of ketones is 1. The van der Waals surface area contributed by atoms with Gasteiger partial charge in [-0.1, -0.05) is 23.7 Å². The first-order valence-electron chi connectivity index (χ1n) is 9.51. The summed E-state index contributed by atoms with van der Waals surface area (Å²) in [6.07, 6.45) is -1.51. The lowest BCUT2D eigenvalue weighted by molar-refractivity contribution is -0.137. The van der Waals surface area contributed by atoms with Crippen LogP contribution in [0.2, 0.25) is 5.02 Å². The summed E-state index contributed by atoms with van der Waals surface area (Å²) in [4.78, 5) is 33.5. The molecule has 2 N–H and O–H groups in total. The largest absolute Gasteiger partial charge is 0.417 e. The molecule has 0 atom stereocenters. The predicted octanol–water partition coefficient (Wildman–Crippen LogP) is 6.18. The Morgan fingerprint density at radius 1 is 0.788 bits per heavy atom. The van der Waals surface area contributed by atoms with Crippen LogP contribution in [-0.4, -0.2) is 21.8 Å². The van der Waals surface area contributed by atoms with Crippen molar-refractivity contribution in [1.29, 1.82) is 0 Å². The van der Waals surface area contributed by atoms with E-state index in [1.807, 2.05) is 0 Å². The Labute approximate surface area is 190 Å². The quantitative estimate of drug-likeness (QED) is 0.349. The van der Waals surface area contributed by atoms with Gasteiger partial charge in [-0.25, -0.2) is 4.79 Å². The summed E-state index contributed by atoms with van der Waals surface area (Å²) in [5.41, 5.74) is 1.36. The highest BCUT2D eigenvalue weighted by atomic mass is 35.5. The van der Waals surface area contributed by atoms with Gasteiger partial charge >= 0.3 is 12.2 Å². The van der Waals surface area contributed by atoms with E-state index in [0.717, 1.165) is 18.2 Å². The third kappa shape index (κ3) is 5.09. The van der Waals surface area contributed by atoms with Crippen molar-refractivity contribution in [2.24, 2.45) is 0 Å². The number of benzene rings is 3. The molecule has 4 aromatic rings. The summed E-state index contributed by atoms with van der Waals surface area (Å²) >= 11 is 5.67. The van der Waals surface area contributed by atoms with Crippen LogP contribution in [0.25, 0.3) is 11.0 Å². The monoisotopic (exact) mass is 470 g/mol. The number of rotatable bonds is 4. The minimum absolute atomic E-state index is 0.0787. The number of amides is 2. The van der Waals surface area contributed by atoms with Crippen LogP contribution in [0.4, 0.5) is 29.3 Å². The molecule has 10 heteroatoms. The third-order valence-corrected chi connectivity index (χ3v) is 4.96. The predicted molar refractivity (Wildman–Crippen MR) is 119 cm³/mol. The van der Waals surface area contributed by atoms with Crippen molar-refractivity contribution in [3.05, 3.63) is 94.8 Å². The number of nitrogens with zero attached hydrogens (tertiary/aromatic N) is 2. The van der Waals surface area contributed by atoms with E-state index in [1.165, 1.54) is 12.3 Å². The van der Waals surface area contributed by atoms with Crippen LogP contribution in [0.3, 0.4) is 0 Å². The van der Waals surface area contributed by atoms with Gasteiger partial charge in [0.2, 0.25) is 0 Å². The first-order chi connectivity index (χ1) is 15.7. The van der Waals surface area contributed by atoms with Crippen molar-refractivity contribution < 1.29 is 22.8 Å². The molecule has 3 aromatic carbocycles. The maximum Gasteiger partial charge on any atom is 0.417 e. The van der Waals surface area contributed by atoms with Gasteiger partial charge in [0, 0.05) is 34.9 Å². The van der Waals surface area contributed by atoms with Gasteiger partial charge in [-0.2, -0.15) is 13.2 Å². The Morgan fingerprint density at radius 3 is 2.15 bits per heavy atom. The van der Waals surface area contributed by atoms with Gasteiger partial charge in [0.25, 0.3) is 0 Å². The Morgan fingerprint density at radius 2 is 1.45 bits per heavy atom. The van der Waals surface area contributed by atoms with Crippen molar-refractivity contribution in [3.63, 3.8) is 0 Å². The van der Waals surface area contributed by atoms with E-state index in [-0.39, 0.29) is 11.5 Å². The molecule has 33 heavy (non-hydrogen) atoms. The molecule has 6 nitrogen and oxygen atoms in total. The second-order valence-electron chi connectivity index (χ2n) is 6.94. The highest BCUT2D eigenvalue weighted by Gasteiger charge is 2.33. The number of fused-ring (bicyclic) bond motifs is 1. The molecule has 0 aliphatic carbocycles. The Bertz CT molecular complexity index is 1380. The molecular formula is C23H14ClF3N4O2. The number of halogens is 4. The van der Waals surface area contributed by atoms with E-state index in [1.54, 1.807) is 42.6 Å². The van der Waals surface area contributed by atoms with Crippen LogP contribution in [-0.2, 0) is 6.18 Å². The number of hydrogen-bond acceptors (Lipinski definition) is 4. The average Bonchev–Trinajstić information content (AvgIpc) is 2.77. The lowest BCUT2D eigenvalue weighted by Gasteiger charge is -2.12. The van der Waals surface area contributed by atoms with E-state index in [2.05, 4.69) is 20.6 Å². The number of hydrogen-bond donors (Lipinski definition) is 2. The second-order valence-corrected chi connectivity index (χ2v) is 7.35. The van der Waals surface area contributed by atoms with Crippen molar-refractivity contribution in [2.75, 3.05) is 10.6 Å². The fraction of sp³-hybridized carbons (Fsp3) is 0.0435. The lowest BCUT2D eigenvalue weighted by atomic mass is 10.0. The zero-order valence-electron chi connectivity index (χ0n) is 16.7. The number of aromatic nitrogens is 2. The molecule has 0 radical (unpaired) electrons.